The van der Waals surface area contributed by atoms with Crippen LogP contribution >= 0.6 is 0 Å². The second-order valence-electron chi connectivity index (χ2n) is 6.76. The van der Waals surface area contributed by atoms with Crippen LogP contribution in [-0.4, -0.2) is 9.97 Å². The molecule has 0 fully saturated rings. The van der Waals surface area contributed by atoms with Crippen LogP contribution in [-0.2, 0) is 0 Å². The topological polar surface area (TPSA) is 64.5 Å². The van der Waals surface area contributed by atoms with Gasteiger partial charge in [0.2, 0.25) is 0 Å². The largest absolute Gasteiger partial charge is 0.361 e. The van der Waals surface area contributed by atoms with Crippen molar-refractivity contribution >= 4 is 34.4 Å². The number of hydrogen-bond donors (Lipinski definition) is 2. The Hall–Kier alpha value is -3.84. The Kier molecular flexibility index (Phi) is 4.65. The molecular weight excluding hydrogens is 344 g/mol. The maximum Gasteiger partial charge on any atom is 0.103 e. The Morgan fingerprint density at radius 3 is 2.64 bits per heavy atom. The van der Waals surface area contributed by atoms with E-state index in [0.29, 0.717) is 5.56 Å². The van der Waals surface area contributed by atoms with Gasteiger partial charge < -0.3 is 10.3 Å². The Morgan fingerprint density at radius 2 is 1.82 bits per heavy atom. The molecule has 0 bridgehead atoms. The summed E-state index contributed by atoms with van der Waals surface area (Å²) in [4.78, 5) is 7.47. The maximum atomic E-state index is 9.60. The lowest BCUT2D eigenvalue weighted by Gasteiger charge is -2.14. The van der Waals surface area contributed by atoms with Gasteiger partial charge in [0, 0.05) is 40.7 Å². The van der Waals surface area contributed by atoms with Gasteiger partial charge in [-0.25, -0.2) is 0 Å². The Morgan fingerprint density at radius 1 is 1.00 bits per heavy atom. The monoisotopic (exact) mass is 364 g/mol. The average molecular weight is 364 g/mol. The molecule has 4 heteroatoms. The fourth-order valence-corrected chi connectivity index (χ4v) is 3.33. The molecule has 0 aliphatic carbocycles. The van der Waals surface area contributed by atoms with Gasteiger partial charge >= 0.3 is 0 Å². The highest BCUT2D eigenvalue weighted by atomic mass is 14.9. The minimum absolute atomic E-state index is 0.514. The van der Waals surface area contributed by atoms with Crippen molar-refractivity contribution in [1.29, 1.82) is 5.26 Å². The summed E-state index contributed by atoms with van der Waals surface area (Å²) < 4.78 is 0. The second kappa shape index (κ2) is 7.42. The molecule has 2 aromatic carbocycles. The minimum Gasteiger partial charge on any atom is -0.361 e. The van der Waals surface area contributed by atoms with Gasteiger partial charge in [0.25, 0.3) is 0 Å². The molecule has 2 N–H and O–H groups in total. The molecule has 0 saturated carbocycles. The molecule has 0 amide bonds. The highest BCUT2D eigenvalue weighted by molar-refractivity contribution is 5.90. The molecule has 0 spiro atoms. The van der Waals surface area contributed by atoms with E-state index in [2.05, 4.69) is 59.5 Å². The van der Waals surface area contributed by atoms with Crippen molar-refractivity contribution in [3.05, 3.63) is 88.9 Å². The SMILES string of the molecule is Cc1ccccc1/C=C/c1cncc(C#N)c1Nc1ccc2[nH]ccc2c1C. The summed E-state index contributed by atoms with van der Waals surface area (Å²) in [7, 11) is 0. The number of nitrogens with zero attached hydrogens (tertiary/aromatic N) is 2. The first kappa shape index (κ1) is 17.6. The van der Waals surface area contributed by atoms with Gasteiger partial charge in [0.1, 0.15) is 6.07 Å². The van der Waals surface area contributed by atoms with Crippen LogP contribution in [0.25, 0.3) is 23.1 Å². The summed E-state index contributed by atoms with van der Waals surface area (Å²) in [5, 5.41) is 14.2. The smallest absolute Gasteiger partial charge is 0.103 e. The zero-order chi connectivity index (χ0) is 19.5. The van der Waals surface area contributed by atoms with Crippen LogP contribution < -0.4 is 5.32 Å². The number of fused-ring (bicyclic) bond motifs is 1. The van der Waals surface area contributed by atoms with E-state index in [0.717, 1.165) is 39.0 Å². The lowest BCUT2D eigenvalue weighted by Crippen LogP contribution is -1.99. The number of benzene rings is 2. The number of pyridine rings is 1. The standard InChI is InChI=1S/C24H20N4/c1-16-5-3-4-6-18(16)7-8-19-14-26-15-20(13-25)24(19)28-22-9-10-23-21(17(22)2)11-12-27-23/h3-12,14-15,27H,1-2H3,(H,26,28)/b8-7+. The zero-order valence-electron chi connectivity index (χ0n) is 15.8. The fraction of sp³-hybridized carbons (Fsp3) is 0.0833. The second-order valence-corrected chi connectivity index (χ2v) is 6.76. The summed E-state index contributed by atoms with van der Waals surface area (Å²) in [6.45, 7) is 4.16. The van der Waals surface area contributed by atoms with Gasteiger partial charge in [-0.05, 0) is 48.7 Å². The van der Waals surface area contributed by atoms with Crippen LogP contribution in [0.1, 0.15) is 27.8 Å². The van der Waals surface area contributed by atoms with Gasteiger partial charge in [-0.3, -0.25) is 4.98 Å². The van der Waals surface area contributed by atoms with Gasteiger partial charge in [-0.1, -0.05) is 36.4 Å². The lowest BCUT2D eigenvalue weighted by molar-refractivity contribution is 1.28. The first-order valence-corrected chi connectivity index (χ1v) is 9.13. The summed E-state index contributed by atoms with van der Waals surface area (Å²) in [5.41, 5.74) is 7.69. The molecular formula is C24H20N4. The van der Waals surface area contributed by atoms with Crippen LogP contribution in [0.4, 0.5) is 11.4 Å². The van der Waals surface area contributed by atoms with E-state index < -0.39 is 0 Å². The van der Waals surface area contributed by atoms with Gasteiger partial charge in [0.15, 0.2) is 0 Å². The van der Waals surface area contributed by atoms with E-state index in [1.54, 1.807) is 12.4 Å². The van der Waals surface area contributed by atoms with Gasteiger partial charge in [-0.2, -0.15) is 5.26 Å². The third-order valence-electron chi connectivity index (χ3n) is 4.99. The number of hydrogen-bond acceptors (Lipinski definition) is 3. The first-order chi connectivity index (χ1) is 13.7. The fourth-order valence-electron chi connectivity index (χ4n) is 3.33. The molecule has 0 atom stereocenters. The van der Waals surface area contributed by atoms with Crippen molar-refractivity contribution in [3.8, 4) is 6.07 Å². The van der Waals surface area contributed by atoms with E-state index in [1.807, 2.05) is 36.5 Å². The average Bonchev–Trinajstić information content (AvgIpc) is 3.20. The quantitative estimate of drug-likeness (QED) is 0.469. The van der Waals surface area contributed by atoms with E-state index in [-0.39, 0.29) is 0 Å². The van der Waals surface area contributed by atoms with Crippen molar-refractivity contribution in [2.45, 2.75) is 13.8 Å². The Balaban J connectivity index is 1.76. The molecule has 2 aromatic heterocycles. The molecule has 0 aliphatic heterocycles. The third-order valence-corrected chi connectivity index (χ3v) is 4.99. The maximum absolute atomic E-state index is 9.60. The van der Waals surface area contributed by atoms with Crippen molar-refractivity contribution in [2.24, 2.45) is 0 Å². The van der Waals surface area contributed by atoms with E-state index in [1.165, 1.54) is 5.56 Å². The molecule has 0 saturated heterocycles. The number of aromatic nitrogens is 2. The van der Waals surface area contributed by atoms with Crippen LogP contribution in [0.3, 0.4) is 0 Å². The molecule has 4 nitrogen and oxygen atoms in total. The van der Waals surface area contributed by atoms with Crippen molar-refractivity contribution in [3.63, 3.8) is 0 Å². The van der Waals surface area contributed by atoms with Crippen LogP contribution in [0.2, 0.25) is 0 Å². The van der Waals surface area contributed by atoms with E-state index in [9.17, 15) is 5.26 Å². The van der Waals surface area contributed by atoms with Gasteiger partial charge in [0.05, 0.1) is 11.3 Å². The normalized spacial score (nSPS) is 11.0. The van der Waals surface area contributed by atoms with Crippen molar-refractivity contribution < 1.29 is 0 Å². The number of anilines is 2. The number of H-pyrrole nitrogens is 1. The summed E-state index contributed by atoms with van der Waals surface area (Å²) in [6.07, 6.45) is 9.37. The van der Waals surface area contributed by atoms with Crippen LogP contribution in [0.15, 0.2) is 61.1 Å². The number of aryl methyl sites for hydroxylation is 2. The molecule has 4 rings (SSSR count). The molecule has 2 heterocycles. The highest BCUT2D eigenvalue weighted by Crippen LogP contribution is 2.31. The first-order valence-electron chi connectivity index (χ1n) is 9.13. The molecule has 0 unspecified atom stereocenters. The molecule has 28 heavy (non-hydrogen) atoms. The summed E-state index contributed by atoms with van der Waals surface area (Å²) in [6, 6.07) is 16.6. The minimum atomic E-state index is 0.514. The predicted molar refractivity (Wildman–Crippen MR) is 115 cm³/mol. The lowest BCUT2D eigenvalue weighted by atomic mass is 10.0. The predicted octanol–water partition coefficient (Wildman–Crippen LogP) is 5.97. The number of aromatic amines is 1. The van der Waals surface area contributed by atoms with Crippen molar-refractivity contribution in [1.82, 2.24) is 9.97 Å². The Bertz CT molecular complexity index is 1230. The van der Waals surface area contributed by atoms with Crippen molar-refractivity contribution in [2.75, 3.05) is 5.32 Å². The van der Waals surface area contributed by atoms with E-state index in [4.69, 9.17) is 0 Å². The van der Waals surface area contributed by atoms with Crippen LogP contribution in [0.5, 0.6) is 0 Å². The molecule has 136 valence electrons. The van der Waals surface area contributed by atoms with E-state index >= 15 is 0 Å². The number of nitrogens with one attached hydrogen (secondary N) is 2. The van der Waals surface area contributed by atoms with Crippen LogP contribution in [0, 0.1) is 25.2 Å². The number of nitriles is 1. The molecule has 0 aliphatic rings. The Labute approximate surface area is 164 Å². The summed E-state index contributed by atoms with van der Waals surface area (Å²) >= 11 is 0. The third kappa shape index (κ3) is 3.26. The van der Waals surface area contributed by atoms with Gasteiger partial charge in [-0.15, -0.1) is 0 Å². The number of rotatable bonds is 4. The highest BCUT2D eigenvalue weighted by Gasteiger charge is 2.11. The summed E-state index contributed by atoms with van der Waals surface area (Å²) in [5.74, 6) is 0. The molecule has 4 aromatic rings. The zero-order valence-corrected chi connectivity index (χ0v) is 15.8. The molecule has 0 radical (unpaired) electrons.